The van der Waals surface area contributed by atoms with Gasteiger partial charge in [0.2, 0.25) is 5.91 Å². The van der Waals surface area contributed by atoms with Crippen LogP contribution in [0.4, 0.5) is 0 Å². The Bertz CT molecular complexity index is 836. The van der Waals surface area contributed by atoms with Gasteiger partial charge in [-0.2, -0.15) is 0 Å². The number of aromatic nitrogens is 2. The maximum Gasteiger partial charge on any atom is 0.221 e. The second kappa shape index (κ2) is 6.87. The predicted octanol–water partition coefficient (Wildman–Crippen LogP) is 3.69. The zero-order valence-electron chi connectivity index (χ0n) is 14.4. The number of imidazole rings is 1. The standard InChI is InChI=1S/C20H23N3O/c1-14(2)22-19(24)12-17(16-9-5-4-6-10-16)18-13-21-20-15(3)8-7-11-23(18)20/h4-11,13-14,17H,12H2,1-3H3,(H,22,24). The Hall–Kier alpha value is -2.62. The molecule has 3 rings (SSSR count). The van der Waals surface area contributed by atoms with Gasteiger partial charge in [0.1, 0.15) is 5.65 Å². The van der Waals surface area contributed by atoms with Gasteiger partial charge in [0.25, 0.3) is 0 Å². The highest BCUT2D eigenvalue weighted by molar-refractivity contribution is 5.77. The van der Waals surface area contributed by atoms with Crippen molar-refractivity contribution in [1.82, 2.24) is 14.7 Å². The van der Waals surface area contributed by atoms with Crippen LogP contribution >= 0.6 is 0 Å². The summed E-state index contributed by atoms with van der Waals surface area (Å²) in [6.07, 6.45) is 4.31. The van der Waals surface area contributed by atoms with Gasteiger partial charge in [-0.15, -0.1) is 0 Å². The predicted molar refractivity (Wildman–Crippen MR) is 96.1 cm³/mol. The zero-order valence-corrected chi connectivity index (χ0v) is 14.4. The number of benzene rings is 1. The number of amides is 1. The monoisotopic (exact) mass is 321 g/mol. The van der Waals surface area contributed by atoms with Gasteiger partial charge in [0.05, 0.1) is 5.69 Å². The van der Waals surface area contributed by atoms with Gasteiger partial charge >= 0.3 is 0 Å². The molecule has 4 nitrogen and oxygen atoms in total. The lowest BCUT2D eigenvalue weighted by atomic mass is 9.92. The van der Waals surface area contributed by atoms with E-state index in [1.807, 2.05) is 50.5 Å². The summed E-state index contributed by atoms with van der Waals surface area (Å²) in [5, 5.41) is 3.00. The minimum Gasteiger partial charge on any atom is -0.354 e. The van der Waals surface area contributed by atoms with Crippen LogP contribution in [0.25, 0.3) is 5.65 Å². The summed E-state index contributed by atoms with van der Waals surface area (Å²) in [4.78, 5) is 17.0. The van der Waals surface area contributed by atoms with E-state index in [9.17, 15) is 4.79 Å². The van der Waals surface area contributed by atoms with Gasteiger partial charge < -0.3 is 9.72 Å². The number of hydrogen-bond acceptors (Lipinski definition) is 2. The van der Waals surface area contributed by atoms with Crippen LogP contribution in [0.15, 0.2) is 54.9 Å². The van der Waals surface area contributed by atoms with Gasteiger partial charge in [-0.05, 0) is 38.0 Å². The molecule has 0 fully saturated rings. The highest BCUT2D eigenvalue weighted by Gasteiger charge is 2.22. The Morgan fingerprint density at radius 2 is 1.92 bits per heavy atom. The van der Waals surface area contributed by atoms with E-state index in [-0.39, 0.29) is 17.9 Å². The Balaban J connectivity index is 2.03. The molecule has 0 aliphatic carbocycles. The van der Waals surface area contributed by atoms with E-state index in [1.54, 1.807) is 0 Å². The summed E-state index contributed by atoms with van der Waals surface area (Å²) in [6.45, 7) is 6.01. The lowest BCUT2D eigenvalue weighted by molar-refractivity contribution is -0.121. The molecule has 3 aromatic rings. The van der Waals surface area contributed by atoms with Crippen LogP contribution in [0.2, 0.25) is 0 Å². The van der Waals surface area contributed by atoms with E-state index >= 15 is 0 Å². The fourth-order valence-electron chi connectivity index (χ4n) is 3.07. The molecule has 2 heterocycles. The van der Waals surface area contributed by atoms with Gasteiger partial charge in [-0.3, -0.25) is 4.79 Å². The van der Waals surface area contributed by atoms with Crippen LogP contribution in [0.1, 0.15) is 43.0 Å². The average molecular weight is 321 g/mol. The third kappa shape index (κ3) is 3.32. The molecule has 124 valence electrons. The minimum atomic E-state index is -0.0262. The van der Waals surface area contributed by atoms with Gasteiger partial charge in [0, 0.05) is 30.8 Å². The largest absolute Gasteiger partial charge is 0.354 e. The van der Waals surface area contributed by atoms with Crippen LogP contribution in [0.5, 0.6) is 0 Å². The van der Waals surface area contributed by atoms with Crippen LogP contribution in [0, 0.1) is 6.92 Å². The topological polar surface area (TPSA) is 46.4 Å². The molecular formula is C20H23N3O. The molecule has 0 spiro atoms. The fraction of sp³-hybridized carbons (Fsp3) is 0.300. The molecule has 4 heteroatoms. The van der Waals surface area contributed by atoms with Crippen molar-refractivity contribution in [3.05, 3.63) is 71.7 Å². The average Bonchev–Trinajstić information content (AvgIpc) is 2.98. The fourth-order valence-corrected chi connectivity index (χ4v) is 3.07. The first kappa shape index (κ1) is 16.2. The number of nitrogens with one attached hydrogen (secondary N) is 1. The quantitative estimate of drug-likeness (QED) is 0.779. The van der Waals surface area contributed by atoms with Crippen molar-refractivity contribution in [2.45, 2.75) is 39.2 Å². The highest BCUT2D eigenvalue weighted by Crippen LogP contribution is 2.29. The number of rotatable bonds is 5. The number of fused-ring (bicyclic) bond motifs is 1. The lowest BCUT2D eigenvalue weighted by Gasteiger charge is -2.18. The molecule has 0 aliphatic rings. The van der Waals surface area contributed by atoms with E-state index in [0.29, 0.717) is 6.42 Å². The van der Waals surface area contributed by atoms with Gasteiger partial charge in [0.15, 0.2) is 0 Å². The van der Waals surface area contributed by atoms with Crippen LogP contribution < -0.4 is 5.32 Å². The molecule has 1 atom stereocenters. The molecule has 2 aromatic heterocycles. The van der Waals surface area contributed by atoms with Gasteiger partial charge in [-0.1, -0.05) is 36.4 Å². The number of pyridine rings is 1. The SMILES string of the molecule is Cc1cccn2c(C(CC(=O)NC(C)C)c3ccccc3)cnc12. The minimum absolute atomic E-state index is 0.0262. The lowest BCUT2D eigenvalue weighted by Crippen LogP contribution is -2.31. The third-order valence-electron chi connectivity index (χ3n) is 4.16. The maximum absolute atomic E-state index is 12.4. The van der Waals surface area contributed by atoms with Crippen molar-refractivity contribution in [3.8, 4) is 0 Å². The number of hydrogen-bond donors (Lipinski definition) is 1. The molecule has 0 radical (unpaired) electrons. The van der Waals surface area contributed by atoms with Crippen LogP contribution in [-0.4, -0.2) is 21.3 Å². The third-order valence-corrected chi connectivity index (χ3v) is 4.16. The molecule has 0 aliphatic heterocycles. The molecular weight excluding hydrogens is 298 g/mol. The van der Waals surface area contributed by atoms with Crippen molar-refractivity contribution < 1.29 is 4.79 Å². The molecule has 1 amide bonds. The summed E-state index contributed by atoms with van der Waals surface area (Å²) < 4.78 is 2.09. The first-order chi connectivity index (χ1) is 11.6. The first-order valence-corrected chi connectivity index (χ1v) is 8.33. The molecule has 0 saturated heterocycles. The molecule has 0 bridgehead atoms. The van der Waals surface area contributed by atoms with Gasteiger partial charge in [-0.25, -0.2) is 4.98 Å². The Labute approximate surface area is 142 Å². The number of aryl methyl sites for hydroxylation is 1. The normalized spacial score (nSPS) is 12.5. The van der Waals surface area contributed by atoms with Crippen LogP contribution in [-0.2, 0) is 4.79 Å². The maximum atomic E-state index is 12.4. The summed E-state index contributed by atoms with van der Waals surface area (Å²) >= 11 is 0. The molecule has 1 unspecified atom stereocenters. The van der Waals surface area contributed by atoms with Crippen molar-refractivity contribution in [2.24, 2.45) is 0 Å². The van der Waals surface area contributed by atoms with E-state index in [2.05, 4.69) is 39.8 Å². The summed E-state index contributed by atoms with van der Waals surface area (Å²) in [6, 6.07) is 14.4. The van der Waals surface area contributed by atoms with Crippen LogP contribution in [0.3, 0.4) is 0 Å². The zero-order chi connectivity index (χ0) is 17.1. The second-order valence-electron chi connectivity index (χ2n) is 6.46. The molecule has 1 N–H and O–H groups in total. The molecule has 0 saturated carbocycles. The Morgan fingerprint density at radius 1 is 1.17 bits per heavy atom. The molecule has 1 aromatic carbocycles. The van der Waals surface area contributed by atoms with Crippen molar-refractivity contribution in [1.29, 1.82) is 0 Å². The Morgan fingerprint density at radius 3 is 2.62 bits per heavy atom. The van der Waals surface area contributed by atoms with E-state index in [0.717, 1.165) is 22.5 Å². The van der Waals surface area contributed by atoms with E-state index in [1.165, 1.54) is 0 Å². The number of nitrogens with zero attached hydrogens (tertiary/aromatic N) is 2. The first-order valence-electron chi connectivity index (χ1n) is 8.33. The highest BCUT2D eigenvalue weighted by atomic mass is 16.1. The summed E-state index contributed by atoms with van der Waals surface area (Å²) in [5.41, 5.74) is 4.23. The smallest absolute Gasteiger partial charge is 0.221 e. The van der Waals surface area contributed by atoms with Crippen molar-refractivity contribution in [3.63, 3.8) is 0 Å². The van der Waals surface area contributed by atoms with Crippen molar-refractivity contribution in [2.75, 3.05) is 0 Å². The number of carbonyl (C=O) groups excluding carboxylic acids is 1. The molecule has 24 heavy (non-hydrogen) atoms. The second-order valence-corrected chi connectivity index (χ2v) is 6.46. The van der Waals surface area contributed by atoms with E-state index < -0.39 is 0 Å². The Kier molecular flexibility index (Phi) is 4.65. The van der Waals surface area contributed by atoms with E-state index in [4.69, 9.17) is 0 Å². The van der Waals surface area contributed by atoms with Crippen molar-refractivity contribution >= 4 is 11.6 Å². The number of carbonyl (C=O) groups is 1. The summed E-state index contributed by atoms with van der Waals surface area (Å²) in [7, 11) is 0. The summed E-state index contributed by atoms with van der Waals surface area (Å²) in [5.74, 6) is 0.0307.